The van der Waals surface area contributed by atoms with Crippen molar-refractivity contribution >= 4 is 17.4 Å². The van der Waals surface area contributed by atoms with Crippen molar-refractivity contribution in [2.45, 2.75) is 12.8 Å². The second-order valence-corrected chi connectivity index (χ2v) is 4.30. The molecule has 0 radical (unpaired) electrons. The number of allylic oxidation sites excluding steroid dienone is 1. The lowest BCUT2D eigenvalue weighted by Crippen LogP contribution is -2.14. The maximum Gasteiger partial charge on any atom is 0.0706 e. The van der Waals surface area contributed by atoms with Crippen LogP contribution in [0, 0.1) is 0 Å². The molecule has 1 nitrogen and oxygen atoms in total. The van der Waals surface area contributed by atoms with Crippen molar-refractivity contribution in [2.75, 3.05) is 18.2 Å². The lowest BCUT2D eigenvalue weighted by Gasteiger charge is -2.21. The summed E-state index contributed by atoms with van der Waals surface area (Å²) in [6, 6.07) is 8.66. The maximum absolute atomic E-state index is 2.32. The van der Waals surface area contributed by atoms with E-state index < -0.39 is 0 Å². The number of hydrogen-bond acceptors (Lipinski definition) is 2. The number of hydrogen-bond donors (Lipinski definition) is 0. The van der Waals surface area contributed by atoms with Gasteiger partial charge in [0.15, 0.2) is 0 Å². The zero-order valence-corrected chi connectivity index (χ0v) is 9.47. The Morgan fingerprint density at radius 3 is 2.86 bits per heavy atom. The Kier molecular flexibility index (Phi) is 2.82. The Labute approximate surface area is 89.8 Å². The average Bonchev–Trinajstić information content (AvgIpc) is 2.39. The van der Waals surface area contributed by atoms with Gasteiger partial charge >= 0.3 is 0 Å². The van der Waals surface area contributed by atoms with Crippen molar-refractivity contribution < 1.29 is 0 Å². The zero-order chi connectivity index (χ0) is 9.97. The Morgan fingerprint density at radius 2 is 2.07 bits per heavy atom. The average molecular weight is 205 g/mol. The molecule has 0 amide bonds. The van der Waals surface area contributed by atoms with E-state index in [4.69, 9.17) is 0 Å². The minimum absolute atomic E-state index is 1.15. The van der Waals surface area contributed by atoms with Crippen LogP contribution < -0.4 is 4.90 Å². The van der Waals surface area contributed by atoms with Gasteiger partial charge in [0, 0.05) is 12.7 Å². The van der Waals surface area contributed by atoms with E-state index >= 15 is 0 Å². The molecule has 0 fully saturated rings. The second kappa shape index (κ2) is 4.09. The first-order valence-corrected chi connectivity index (χ1v) is 6.11. The molecule has 14 heavy (non-hydrogen) atoms. The molecule has 0 aliphatic carbocycles. The van der Waals surface area contributed by atoms with Crippen molar-refractivity contribution in [2.24, 2.45) is 0 Å². The van der Waals surface area contributed by atoms with E-state index in [2.05, 4.69) is 48.5 Å². The molecule has 0 aromatic heterocycles. The van der Waals surface area contributed by atoms with Gasteiger partial charge in [0.1, 0.15) is 0 Å². The number of para-hydroxylation sites is 1. The fourth-order valence-corrected chi connectivity index (χ4v) is 2.53. The van der Waals surface area contributed by atoms with Gasteiger partial charge in [-0.05, 0) is 30.7 Å². The van der Waals surface area contributed by atoms with Crippen molar-refractivity contribution in [1.29, 1.82) is 0 Å². The largest absolute Gasteiger partial charge is 0.339 e. The highest BCUT2D eigenvalue weighted by atomic mass is 32.2. The van der Waals surface area contributed by atoms with Crippen molar-refractivity contribution in [1.82, 2.24) is 0 Å². The van der Waals surface area contributed by atoms with Crippen LogP contribution in [0.4, 0.5) is 5.69 Å². The SMILES string of the molecule is CSC1=CCCc2ccccc2N1C. The van der Waals surface area contributed by atoms with Crippen molar-refractivity contribution in [3.8, 4) is 0 Å². The van der Waals surface area contributed by atoms with Crippen molar-refractivity contribution in [3.05, 3.63) is 40.9 Å². The lowest BCUT2D eigenvalue weighted by molar-refractivity contribution is 1.01. The predicted octanol–water partition coefficient (Wildman–Crippen LogP) is 3.27. The van der Waals surface area contributed by atoms with Gasteiger partial charge in [0.2, 0.25) is 0 Å². The molecule has 0 N–H and O–H groups in total. The van der Waals surface area contributed by atoms with E-state index in [1.54, 1.807) is 0 Å². The third-order valence-corrected chi connectivity index (χ3v) is 3.48. The molecule has 1 heterocycles. The van der Waals surface area contributed by atoms with Gasteiger partial charge in [-0.15, -0.1) is 11.8 Å². The van der Waals surface area contributed by atoms with E-state index in [1.165, 1.54) is 16.3 Å². The number of fused-ring (bicyclic) bond motifs is 1. The molecule has 2 rings (SSSR count). The first kappa shape index (κ1) is 9.66. The lowest BCUT2D eigenvalue weighted by atomic mass is 10.1. The van der Waals surface area contributed by atoms with Crippen molar-refractivity contribution in [3.63, 3.8) is 0 Å². The molecule has 0 bridgehead atoms. The summed E-state index contributed by atoms with van der Waals surface area (Å²) in [6.45, 7) is 0. The summed E-state index contributed by atoms with van der Waals surface area (Å²) in [7, 11) is 2.15. The normalized spacial score (nSPS) is 15.9. The molecule has 0 spiro atoms. The molecule has 2 heteroatoms. The minimum Gasteiger partial charge on any atom is -0.339 e. The standard InChI is InChI=1S/C12H15NS/c1-13-11-8-4-3-6-10(11)7-5-9-12(13)14-2/h3-4,6,8-9H,5,7H2,1-2H3. The fourth-order valence-electron chi connectivity index (χ4n) is 1.88. The summed E-state index contributed by atoms with van der Waals surface area (Å²) < 4.78 is 0. The highest BCUT2D eigenvalue weighted by Crippen LogP contribution is 2.30. The summed E-state index contributed by atoms with van der Waals surface area (Å²) >= 11 is 1.82. The van der Waals surface area contributed by atoms with E-state index in [0.717, 1.165) is 12.8 Å². The van der Waals surface area contributed by atoms with Gasteiger partial charge in [0.25, 0.3) is 0 Å². The molecule has 1 aromatic rings. The van der Waals surface area contributed by atoms with Gasteiger partial charge < -0.3 is 4.90 Å². The monoisotopic (exact) mass is 205 g/mol. The van der Waals surface area contributed by atoms with Gasteiger partial charge in [-0.3, -0.25) is 0 Å². The molecule has 1 aliphatic heterocycles. The van der Waals surface area contributed by atoms with Gasteiger partial charge in [-0.1, -0.05) is 24.3 Å². The molecule has 0 saturated heterocycles. The highest BCUT2D eigenvalue weighted by Gasteiger charge is 2.12. The maximum atomic E-state index is 2.32. The molecule has 0 saturated carbocycles. The Hall–Kier alpha value is -0.890. The topological polar surface area (TPSA) is 3.24 Å². The number of rotatable bonds is 1. The Bertz CT molecular complexity index is 357. The second-order valence-electron chi connectivity index (χ2n) is 3.47. The molecule has 74 valence electrons. The van der Waals surface area contributed by atoms with Crippen LogP contribution in [0.5, 0.6) is 0 Å². The molecule has 0 unspecified atom stereocenters. The van der Waals surface area contributed by atoms with Crippen LogP contribution in [0.15, 0.2) is 35.4 Å². The van der Waals surface area contributed by atoms with E-state index in [-0.39, 0.29) is 0 Å². The third-order valence-electron chi connectivity index (χ3n) is 2.63. The fraction of sp³-hybridized carbons (Fsp3) is 0.333. The molecule has 0 atom stereocenters. The van der Waals surface area contributed by atoms with Gasteiger partial charge in [-0.2, -0.15) is 0 Å². The summed E-state index contributed by atoms with van der Waals surface area (Å²) in [5, 5.41) is 1.36. The van der Waals surface area contributed by atoms with Crippen LogP contribution in [0.25, 0.3) is 0 Å². The van der Waals surface area contributed by atoms with Gasteiger partial charge in [0.05, 0.1) is 5.03 Å². The van der Waals surface area contributed by atoms with Crippen LogP contribution in [0.1, 0.15) is 12.0 Å². The van der Waals surface area contributed by atoms with Crippen LogP contribution in [-0.2, 0) is 6.42 Å². The first-order chi connectivity index (χ1) is 6.83. The summed E-state index contributed by atoms with van der Waals surface area (Å²) in [6.07, 6.45) is 6.77. The molecule has 1 aliphatic rings. The first-order valence-electron chi connectivity index (χ1n) is 4.88. The minimum atomic E-state index is 1.15. The number of benzene rings is 1. The van der Waals surface area contributed by atoms with E-state index in [1.807, 2.05) is 11.8 Å². The molecular weight excluding hydrogens is 190 g/mol. The smallest absolute Gasteiger partial charge is 0.0706 e. The third kappa shape index (κ3) is 1.67. The van der Waals surface area contributed by atoms with Crippen LogP contribution in [0.2, 0.25) is 0 Å². The quantitative estimate of drug-likeness (QED) is 0.692. The molecular formula is C12H15NS. The predicted molar refractivity (Wildman–Crippen MR) is 64.8 cm³/mol. The summed E-state index contributed by atoms with van der Waals surface area (Å²) in [5.74, 6) is 0. The summed E-state index contributed by atoms with van der Waals surface area (Å²) in [4.78, 5) is 2.28. The van der Waals surface area contributed by atoms with Crippen LogP contribution >= 0.6 is 11.8 Å². The highest BCUT2D eigenvalue weighted by molar-refractivity contribution is 8.02. The summed E-state index contributed by atoms with van der Waals surface area (Å²) in [5.41, 5.74) is 2.81. The zero-order valence-electron chi connectivity index (χ0n) is 8.66. The number of thioether (sulfide) groups is 1. The van der Waals surface area contributed by atoms with Gasteiger partial charge in [-0.25, -0.2) is 0 Å². The number of anilines is 1. The Morgan fingerprint density at radius 1 is 1.29 bits per heavy atom. The van der Waals surface area contributed by atoms with E-state index in [9.17, 15) is 0 Å². The van der Waals surface area contributed by atoms with Crippen LogP contribution in [-0.4, -0.2) is 13.3 Å². The number of aryl methyl sites for hydroxylation is 1. The van der Waals surface area contributed by atoms with E-state index in [0.29, 0.717) is 0 Å². The Balaban J connectivity index is 2.42. The van der Waals surface area contributed by atoms with Crippen LogP contribution in [0.3, 0.4) is 0 Å². The molecule has 1 aromatic carbocycles. The number of nitrogens with zero attached hydrogens (tertiary/aromatic N) is 1.